The van der Waals surface area contributed by atoms with Gasteiger partial charge in [-0.1, -0.05) is 18.9 Å². The normalized spacial score (nSPS) is 19.0. The Kier molecular flexibility index (Phi) is 2.77. The second-order valence-corrected chi connectivity index (χ2v) is 4.23. The van der Waals surface area contributed by atoms with Crippen LogP contribution in [0.5, 0.6) is 0 Å². The van der Waals surface area contributed by atoms with Gasteiger partial charge < -0.3 is 16.2 Å². The van der Waals surface area contributed by atoms with Crippen LogP contribution in [0.2, 0.25) is 0 Å². The van der Waals surface area contributed by atoms with Gasteiger partial charge >= 0.3 is 0 Å². The van der Waals surface area contributed by atoms with Crippen molar-refractivity contribution in [2.24, 2.45) is 0 Å². The van der Waals surface area contributed by atoms with Gasteiger partial charge in [0.15, 0.2) is 0 Å². The fourth-order valence-corrected chi connectivity index (χ4v) is 2.01. The molecule has 1 aliphatic carbocycles. The van der Waals surface area contributed by atoms with Gasteiger partial charge in [-0.3, -0.25) is 0 Å². The van der Waals surface area contributed by atoms with Crippen molar-refractivity contribution in [1.29, 1.82) is 0 Å². The van der Waals surface area contributed by atoms with Crippen LogP contribution in [-0.2, 0) is 0 Å². The molecule has 1 fully saturated rings. The lowest BCUT2D eigenvalue weighted by Gasteiger charge is -2.22. The predicted molar refractivity (Wildman–Crippen MR) is 60.6 cm³/mol. The number of hydrogen-bond acceptors (Lipinski definition) is 4. The highest BCUT2D eigenvalue weighted by molar-refractivity contribution is 5.42. The molecule has 4 N–H and O–H groups in total. The van der Waals surface area contributed by atoms with Gasteiger partial charge in [-0.15, -0.1) is 0 Å². The average molecular weight is 207 g/mol. The average Bonchev–Trinajstić information content (AvgIpc) is 2.63. The third-order valence-corrected chi connectivity index (χ3v) is 2.90. The lowest BCUT2D eigenvalue weighted by molar-refractivity contribution is 0.0614. The molecule has 0 unspecified atom stereocenters. The number of nitrogens with one attached hydrogen (secondary N) is 1. The molecular formula is C11H17N3O. The Morgan fingerprint density at radius 3 is 2.80 bits per heavy atom. The number of rotatable bonds is 3. The lowest BCUT2D eigenvalue weighted by Crippen LogP contribution is -2.33. The molecule has 1 aliphatic rings. The molecule has 15 heavy (non-hydrogen) atoms. The van der Waals surface area contributed by atoms with E-state index in [0.717, 1.165) is 31.5 Å². The highest BCUT2D eigenvalue weighted by Crippen LogP contribution is 2.29. The van der Waals surface area contributed by atoms with E-state index in [4.69, 9.17) is 5.73 Å². The van der Waals surface area contributed by atoms with E-state index in [9.17, 15) is 5.11 Å². The maximum Gasteiger partial charge on any atom is 0.128 e. The van der Waals surface area contributed by atoms with Gasteiger partial charge in [-0.25, -0.2) is 4.98 Å². The molecule has 4 heteroatoms. The number of pyridine rings is 1. The molecule has 82 valence electrons. The summed E-state index contributed by atoms with van der Waals surface area (Å²) in [4.78, 5) is 4.12. The highest BCUT2D eigenvalue weighted by atomic mass is 16.3. The van der Waals surface area contributed by atoms with Crippen LogP contribution < -0.4 is 11.1 Å². The van der Waals surface area contributed by atoms with Crippen molar-refractivity contribution >= 4 is 11.6 Å². The molecule has 0 amide bonds. The molecular weight excluding hydrogens is 190 g/mol. The molecule has 0 aromatic carbocycles. The summed E-state index contributed by atoms with van der Waals surface area (Å²) in [6.45, 7) is 0.559. The monoisotopic (exact) mass is 207 g/mol. The first kappa shape index (κ1) is 10.2. The van der Waals surface area contributed by atoms with Gasteiger partial charge in [0.1, 0.15) is 11.6 Å². The van der Waals surface area contributed by atoms with E-state index in [1.165, 1.54) is 0 Å². The van der Waals surface area contributed by atoms with Crippen LogP contribution in [0.3, 0.4) is 0 Å². The van der Waals surface area contributed by atoms with E-state index >= 15 is 0 Å². The summed E-state index contributed by atoms with van der Waals surface area (Å²) in [7, 11) is 0. The van der Waals surface area contributed by atoms with Crippen molar-refractivity contribution in [2.45, 2.75) is 31.3 Å². The maximum atomic E-state index is 10.1. The second-order valence-electron chi connectivity index (χ2n) is 4.23. The molecule has 0 atom stereocenters. The fourth-order valence-electron chi connectivity index (χ4n) is 2.01. The number of hydrogen-bond donors (Lipinski definition) is 3. The Labute approximate surface area is 89.5 Å². The number of nitrogens with two attached hydrogens (primary N) is 1. The van der Waals surface area contributed by atoms with Crippen LogP contribution in [-0.4, -0.2) is 22.2 Å². The third kappa shape index (κ3) is 2.59. The lowest BCUT2D eigenvalue weighted by atomic mass is 10.0. The molecule has 0 spiro atoms. The second kappa shape index (κ2) is 4.06. The molecule has 4 nitrogen and oxygen atoms in total. The van der Waals surface area contributed by atoms with Crippen molar-refractivity contribution < 1.29 is 5.11 Å². The number of nitrogen functional groups attached to an aromatic ring is 1. The van der Waals surface area contributed by atoms with Crippen molar-refractivity contribution in [1.82, 2.24) is 4.98 Å². The van der Waals surface area contributed by atoms with Gasteiger partial charge in [0.2, 0.25) is 0 Å². The maximum absolute atomic E-state index is 10.1. The van der Waals surface area contributed by atoms with E-state index in [1.807, 2.05) is 12.1 Å². The quantitative estimate of drug-likeness (QED) is 0.700. The van der Waals surface area contributed by atoms with Crippen molar-refractivity contribution in [3.8, 4) is 0 Å². The van der Waals surface area contributed by atoms with E-state index in [1.54, 1.807) is 6.07 Å². The minimum Gasteiger partial charge on any atom is -0.388 e. The van der Waals surface area contributed by atoms with Crippen LogP contribution >= 0.6 is 0 Å². The number of aliphatic hydroxyl groups is 1. The van der Waals surface area contributed by atoms with Crippen LogP contribution in [0.4, 0.5) is 11.6 Å². The summed E-state index contributed by atoms with van der Waals surface area (Å²) < 4.78 is 0. The molecule has 0 bridgehead atoms. The first-order valence-electron chi connectivity index (χ1n) is 5.37. The summed E-state index contributed by atoms with van der Waals surface area (Å²) in [5, 5.41) is 13.2. The largest absolute Gasteiger partial charge is 0.388 e. The van der Waals surface area contributed by atoms with Crippen LogP contribution in [0.15, 0.2) is 18.2 Å². The van der Waals surface area contributed by atoms with E-state index in [-0.39, 0.29) is 0 Å². The minimum absolute atomic E-state index is 0.499. The summed E-state index contributed by atoms with van der Waals surface area (Å²) in [6.07, 6.45) is 3.98. The van der Waals surface area contributed by atoms with Gasteiger partial charge in [0, 0.05) is 6.54 Å². The number of aromatic nitrogens is 1. The number of nitrogens with zero attached hydrogens (tertiary/aromatic N) is 1. The Hall–Kier alpha value is -1.29. The Bertz CT molecular complexity index is 334. The molecule has 0 saturated heterocycles. The smallest absolute Gasteiger partial charge is 0.128 e. The molecule has 0 radical (unpaired) electrons. The van der Waals surface area contributed by atoms with Crippen molar-refractivity contribution in [2.75, 3.05) is 17.6 Å². The molecule has 0 aliphatic heterocycles. The van der Waals surface area contributed by atoms with E-state index in [0.29, 0.717) is 12.4 Å². The summed E-state index contributed by atoms with van der Waals surface area (Å²) in [5.41, 5.74) is 5.01. The van der Waals surface area contributed by atoms with Gasteiger partial charge in [0.25, 0.3) is 0 Å². The first-order chi connectivity index (χ1) is 7.18. The number of anilines is 2. The molecule has 1 aromatic heterocycles. The zero-order chi connectivity index (χ0) is 10.7. The topological polar surface area (TPSA) is 71.2 Å². The summed E-state index contributed by atoms with van der Waals surface area (Å²) in [5.74, 6) is 1.23. The Morgan fingerprint density at radius 1 is 1.40 bits per heavy atom. The van der Waals surface area contributed by atoms with Gasteiger partial charge in [-0.2, -0.15) is 0 Å². The van der Waals surface area contributed by atoms with E-state index in [2.05, 4.69) is 10.3 Å². The SMILES string of the molecule is Nc1cccc(NCC2(O)CCCC2)n1. The molecule has 1 saturated carbocycles. The van der Waals surface area contributed by atoms with Gasteiger partial charge in [0.05, 0.1) is 5.60 Å². The van der Waals surface area contributed by atoms with E-state index < -0.39 is 5.60 Å². The van der Waals surface area contributed by atoms with Crippen LogP contribution in [0.25, 0.3) is 0 Å². The predicted octanol–water partition coefficient (Wildman–Crippen LogP) is 1.38. The Morgan fingerprint density at radius 2 is 2.13 bits per heavy atom. The molecule has 2 rings (SSSR count). The van der Waals surface area contributed by atoms with Crippen molar-refractivity contribution in [3.63, 3.8) is 0 Å². The first-order valence-corrected chi connectivity index (χ1v) is 5.37. The third-order valence-electron chi connectivity index (χ3n) is 2.90. The van der Waals surface area contributed by atoms with Gasteiger partial charge in [-0.05, 0) is 25.0 Å². The van der Waals surface area contributed by atoms with Crippen molar-refractivity contribution in [3.05, 3.63) is 18.2 Å². The fraction of sp³-hybridized carbons (Fsp3) is 0.545. The molecule has 1 aromatic rings. The highest BCUT2D eigenvalue weighted by Gasteiger charge is 2.30. The Balaban J connectivity index is 1.92. The summed E-state index contributed by atoms with van der Waals surface area (Å²) >= 11 is 0. The zero-order valence-corrected chi connectivity index (χ0v) is 8.74. The zero-order valence-electron chi connectivity index (χ0n) is 8.74. The standard InChI is InChI=1S/C11H17N3O/c12-9-4-3-5-10(14-9)13-8-11(15)6-1-2-7-11/h3-5,15H,1-2,6-8H2,(H3,12,13,14). The summed E-state index contributed by atoms with van der Waals surface area (Å²) in [6, 6.07) is 5.45. The molecule has 1 heterocycles. The van der Waals surface area contributed by atoms with Crippen LogP contribution in [0, 0.1) is 0 Å². The van der Waals surface area contributed by atoms with Crippen LogP contribution in [0.1, 0.15) is 25.7 Å². The minimum atomic E-state index is -0.549.